The lowest BCUT2D eigenvalue weighted by Crippen LogP contribution is -2.35. The number of hydrogen-bond acceptors (Lipinski definition) is 8. The molecule has 0 unspecified atom stereocenters. The molecule has 10 heteroatoms. The molecule has 0 spiro atoms. The number of amides is 1. The van der Waals surface area contributed by atoms with Gasteiger partial charge in [0.15, 0.2) is 0 Å². The molecular weight excluding hydrogens is 749 g/mol. The number of hydrogen-bond donors (Lipinski definition) is 0. The quantitative estimate of drug-likeness (QED) is 0.120. The van der Waals surface area contributed by atoms with Gasteiger partial charge in [-0.1, -0.05) is 84.9 Å². The lowest BCUT2D eigenvalue weighted by atomic mass is 9.87. The largest absolute Gasteiger partial charge is 0.473 e. The number of likely N-dealkylation sites (tertiary alicyclic amines) is 1. The number of piperidine rings is 1. The van der Waals surface area contributed by atoms with Crippen molar-refractivity contribution in [2.45, 2.75) is 71.2 Å². The summed E-state index contributed by atoms with van der Waals surface area (Å²) in [5.74, 6) is 1.39. The molecule has 4 aromatic carbocycles. The Morgan fingerprint density at radius 1 is 0.817 bits per heavy atom. The van der Waals surface area contributed by atoms with Crippen molar-refractivity contribution in [2.24, 2.45) is 18.9 Å². The Morgan fingerprint density at radius 3 is 2.17 bits per heavy atom. The molecule has 0 N–H and O–H groups in total. The highest BCUT2D eigenvalue weighted by Gasteiger charge is 2.38. The van der Waals surface area contributed by atoms with Crippen LogP contribution in [0.25, 0.3) is 22.2 Å². The Labute approximate surface area is 353 Å². The topological polar surface area (TPSA) is 106 Å². The lowest BCUT2D eigenvalue weighted by Gasteiger charge is -2.33. The molecule has 308 valence electrons. The number of carbonyl (C=O) groups excluding carboxylic acids is 1. The first-order valence-corrected chi connectivity index (χ1v) is 21.1. The van der Waals surface area contributed by atoms with Crippen LogP contribution in [0.3, 0.4) is 0 Å². The smallest absolute Gasteiger partial charge is 0.410 e. The van der Waals surface area contributed by atoms with Gasteiger partial charge in [0.25, 0.3) is 0 Å². The zero-order valence-electron chi connectivity index (χ0n) is 35.1. The van der Waals surface area contributed by atoms with E-state index in [1.54, 1.807) is 4.90 Å². The molecule has 2 aromatic heterocycles. The van der Waals surface area contributed by atoms with Crippen molar-refractivity contribution in [2.75, 3.05) is 31.1 Å². The van der Waals surface area contributed by atoms with E-state index < -0.39 is 5.60 Å². The van der Waals surface area contributed by atoms with Crippen molar-refractivity contribution in [1.29, 1.82) is 5.26 Å². The number of nitriles is 1. The Morgan fingerprint density at radius 2 is 1.50 bits per heavy atom. The summed E-state index contributed by atoms with van der Waals surface area (Å²) in [6, 6.07) is 41.9. The van der Waals surface area contributed by atoms with Gasteiger partial charge in [-0.15, -0.1) is 0 Å². The highest BCUT2D eigenvalue weighted by atomic mass is 16.6. The molecule has 0 bridgehead atoms. The fourth-order valence-electron chi connectivity index (χ4n) is 8.42. The maximum Gasteiger partial charge on any atom is 0.410 e. The van der Waals surface area contributed by atoms with Crippen LogP contribution in [-0.4, -0.2) is 57.5 Å². The Kier molecular flexibility index (Phi) is 12.1. The second-order valence-corrected chi connectivity index (χ2v) is 17.2. The van der Waals surface area contributed by atoms with Gasteiger partial charge < -0.3 is 24.0 Å². The van der Waals surface area contributed by atoms with Crippen molar-refractivity contribution in [3.05, 3.63) is 138 Å². The standard InChI is InChI=1S/C50H54N6O4/c1-50(2,3)60-49(57)56-31-40(30-51)44(32-56)39-19-17-35(18-20-39)15-16-36-25-27-55(28-26-36)41-21-22-42-45(29-41)54(4)53-47(42)43-23-24-46(58-33-37-11-7-5-8-12-37)52-48(43)59-34-38-13-9-6-10-14-38/h5-14,17-24,29,36,40,44H,15-16,25-28,31-34H2,1-4H3/t40-,44+/m1/s1. The third-order valence-corrected chi connectivity index (χ3v) is 11.7. The van der Waals surface area contributed by atoms with Crippen molar-refractivity contribution in [1.82, 2.24) is 19.7 Å². The second kappa shape index (κ2) is 17.9. The Hall–Kier alpha value is -6.34. The van der Waals surface area contributed by atoms with E-state index >= 15 is 0 Å². The number of pyridine rings is 1. The second-order valence-electron chi connectivity index (χ2n) is 17.2. The fourth-order valence-corrected chi connectivity index (χ4v) is 8.42. The first kappa shape index (κ1) is 40.4. The van der Waals surface area contributed by atoms with Crippen molar-refractivity contribution >= 4 is 22.7 Å². The summed E-state index contributed by atoms with van der Waals surface area (Å²) in [6.45, 7) is 9.31. The van der Waals surface area contributed by atoms with Crippen LogP contribution in [0.5, 0.6) is 11.8 Å². The van der Waals surface area contributed by atoms with Crippen LogP contribution < -0.4 is 14.4 Å². The molecule has 1 amide bonds. The molecule has 60 heavy (non-hydrogen) atoms. The van der Waals surface area contributed by atoms with E-state index in [4.69, 9.17) is 24.3 Å². The minimum absolute atomic E-state index is 0.0107. The molecule has 0 radical (unpaired) electrons. The van der Waals surface area contributed by atoms with Crippen LogP contribution >= 0.6 is 0 Å². The summed E-state index contributed by atoms with van der Waals surface area (Å²) in [4.78, 5) is 21.7. The van der Waals surface area contributed by atoms with Gasteiger partial charge in [0, 0.05) is 56.3 Å². The molecule has 2 fully saturated rings. The van der Waals surface area contributed by atoms with Crippen LogP contribution in [0.4, 0.5) is 10.5 Å². The number of carbonyl (C=O) groups is 1. The van der Waals surface area contributed by atoms with E-state index in [1.165, 1.54) is 11.3 Å². The average molecular weight is 803 g/mol. The molecule has 10 nitrogen and oxygen atoms in total. The van der Waals surface area contributed by atoms with E-state index in [1.807, 2.05) is 105 Å². The van der Waals surface area contributed by atoms with Gasteiger partial charge in [0.1, 0.15) is 24.5 Å². The average Bonchev–Trinajstić information content (AvgIpc) is 3.86. The lowest BCUT2D eigenvalue weighted by molar-refractivity contribution is 0.0289. The van der Waals surface area contributed by atoms with E-state index in [9.17, 15) is 10.1 Å². The van der Waals surface area contributed by atoms with E-state index in [-0.39, 0.29) is 17.9 Å². The highest BCUT2D eigenvalue weighted by Crippen LogP contribution is 2.38. The summed E-state index contributed by atoms with van der Waals surface area (Å²) in [6.07, 6.45) is 4.11. The van der Waals surface area contributed by atoms with Gasteiger partial charge in [0.2, 0.25) is 11.8 Å². The van der Waals surface area contributed by atoms with Gasteiger partial charge in [-0.3, -0.25) is 4.68 Å². The predicted molar refractivity (Wildman–Crippen MR) is 235 cm³/mol. The maximum atomic E-state index is 12.7. The molecule has 2 saturated heterocycles. The zero-order valence-corrected chi connectivity index (χ0v) is 35.1. The minimum atomic E-state index is -0.564. The van der Waals surface area contributed by atoms with Crippen LogP contribution in [0.1, 0.15) is 68.2 Å². The summed E-state index contributed by atoms with van der Waals surface area (Å²) in [7, 11) is 2.00. The molecule has 0 aliphatic carbocycles. The van der Waals surface area contributed by atoms with Crippen LogP contribution in [0.15, 0.2) is 115 Å². The summed E-state index contributed by atoms with van der Waals surface area (Å²) in [5, 5.41) is 15.9. The zero-order chi connectivity index (χ0) is 41.6. The maximum absolute atomic E-state index is 12.7. The first-order valence-electron chi connectivity index (χ1n) is 21.1. The summed E-state index contributed by atoms with van der Waals surface area (Å²) >= 11 is 0. The van der Waals surface area contributed by atoms with Crippen LogP contribution in [-0.2, 0) is 31.4 Å². The number of fused-ring (bicyclic) bond motifs is 1. The van der Waals surface area contributed by atoms with Crippen LogP contribution in [0, 0.1) is 23.2 Å². The van der Waals surface area contributed by atoms with E-state index in [0.717, 1.165) is 77.6 Å². The third-order valence-electron chi connectivity index (χ3n) is 11.7. The Bertz CT molecular complexity index is 2430. The number of ether oxygens (including phenoxy) is 3. The van der Waals surface area contributed by atoms with E-state index in [2.05, 4.69) is 53.4 Å². The fraction of sp³-hybridized carbons (Fsp3) is 0.360. The molecule has 2 atom stereocenters. The predicted octanol–water partition coefficient (Wildman–Crippen LogP) is 10.1. The number of anilines is 1. The SMILES string of the molecule is Cn1nc(-c2ccc(OCc3ccccc3)nc2OCc2ccccc2)c2ccc(N3CCC(CCc4ccc([C@@H]5CN(C(=O)OC(C)(C)C)C[C@H]5C#N)cc4)CC3)cc21. The number of nitrogens with zero attached hydrogens (tertiary/aromatic N) is 6. The van der Waals surface area contributed by atoms with Crippen LogP contribution in [0.2, 0.25) is 0 Å². The van der Waals surface area contributed by atoms with E-state index in [0.29, 0.717) is 44.0 Å². The van der Waals surface area contributed by atoms with Crippen molar-refractivity contribution in [3.8, 4) is 29.1 Å². The molecule has 4 heterocycles. The first-order chi connectivity index (χ1) is 29.1. The van der Waals surface area contributed by atoms with Gasteiger partial charge in [-0.25, -0.2) is 4.79 Å². The monoisotopic (exact) mass is 802 g/mol. The third kappa shape index (κ3) is 9.58. The van der Waals surface area contributed by atoms with Gasteiger partial charge in [-0.2, -0.15) is 15.3 Å². The summed E-state index contributed by atoms with van der Waals surface area (Å²) in [5.41, 5.74) is 7.90. The molecule has 6 aromatic rings. The number of aryl methyl sites for hydroxylation is 2. The highest BCUT2D eigenvalue weighted by molar-refractivity contribution is 5.96. The number of aromatic nitrogens is 3. The van der Waals surface area contributed by atoms with Gasteiger partial charge in [0.05, 0.1) is 23.1 Å². The summed E-state index contributed by atoms with van der Waals surface area (Å²) < 4.78 is 20.0. The van der Waals surface area contributed by atoms with Crippen molar-refractivity contribution in [3.63, 3.8) is 0 Å². The van der Waals surface area contributed by atoms with Gasteiger partial charge in [-0.05, 0) is 98.9 Å². The van der Waals surface area contributed by atoms with Gasteiger partial charge >= 0.3 is 6.09 Å². The molecule has 0 saturated carbocycles. The molecule has 8 rings (SSSR count). The minimum Gasteiger partial charge on any atom is -0.473 e. The molecule has 2 aliphatic rings. The molecular formula is C50H54N6O4. The van der Waals surface area contributed by atoms with Crippen molar-refractivity contribution < 1.29 is 19.0 Å². The Balaban J connectivity index is 0.892. The number of rotatable bonds is 12. The molecule has 2 aliphatic heterocycles. The normalized spacial score (nSPS) is 17.1. The number of benzene rings is 4.